The van der Waals surface area contributed by atoms with Crippen LogP contribution in [-0.4, -0.2) is 61.7 Å². The third kappa shape index (κ3) is 2.96. The van der Waals surface area contributed by atoms with Gasteiger partial charge in [-0.25, -0.2) is 0 Å². The number of likely N-dealkylation sites (tertiary alicyclic amines) is 1. The van der Waals surface area contributed by atoms with Gasteiger partial charge in [-0.15, -0.1) is 0 Å². The van der Waals surface area contributed by atoms with Crippen LogP contribution >= 0.6 is 0 Å². The van der Waals surface area contributed by atoms with Crippen LogP contribution in [0.3, 0.4) is 0 Å². The van der Waals surface area contributed by atoms with Crippen molar-refractivity contribution in [2.24, 2.45) is 0 Å². The van der Waals surface area contributed by atoms with Crippen molar-refractivity contribution in [2.75, 3.05) is 33.7 Å². The molecule has 1 N–H and O–H groups in total. The fourth-order valence-corrected chi connectivity index (χ4v) is 3.06. The lowest BCUT2D eigenvalue weighted by atomic mass is 10.0. The van der Waals surface area contributed by atoms with Crippen LogP contribution < -0.4 is 5.32 Å². The maximum Gasteiger partial charge on any atom is 0.0235 e. The largest absolute Gasteiger partial charge is 0.313 e. The van der Waals surface area contributed by atoms with Crippen LogP contribution in [0.5, 0.6) is 0 Å². The van der Waals surface area contributed by atoms with Crippen LogP contribution in [0.15, 0.2) is 0 Å². The Hall–Kier alpha value is -0.120. The zero-order valence-electron chi connectivity index (χ0n) is 11.1. The van der Waals surface area contributed by atoms with Crippen molar-refractivity contribution in [3.8, 4) is 0 Å². The van der Waals surface area contributed by atoms with Gasteiger partial charge >= 0.3 is 0 Å². The maximum atomic E-state index is 3.64. The third-order valence-corrected chi connectivity index (χ3v) is 4.41. The minimum Gasteiger partial charge on any atom is -0.313 e. The normalized spacial score (nSPS) is 37.1. The molecule has 0 saturated carbocycles. The molecule has 2 saturated heterocycles. The number of hydrogen-bond donors (Lipinski definition) is 1. The summed E-state index contributed by atoms with van der Waals surface area (Å²) in [5.41, 5.74) is 0. The highest BCUT2D eigenvalue weighted by Crippen LogP contribution is 2.20. The molecule has 0 aliphatic carbocycles. The molecule has 94 valence electrons. The lowest BCUT2D eigenvalue weighted by molar-refractivity contribution is 0.203. The first kappa shape index (κ1) is 12.3. The van der Waals surface area contributed by atoms with E-state index in [0.29, 0.717) is 0 Å². The predicted molar refractivity (Wildman–Crippen MR) is 68.8 cm³/mol. The second kappa shape index (κ2) is 5.48. The van der Waals surface area contributed by atoms with Gasteiger partial charge in [0.2, 0.25) is 0 Å². The zero-order chi connectivity index (χ0) is 11.5. The first-order valence-corrected chi connectivity index (χ1v) is 6.80. The molecular formula is C13H27N3. The molecule has 2 aliphatic rings. The Morgan fingerprint density at radius 3 is 2.75 bits per heavy atom. The van der Waals surface area contributed by atoms with Crippen molar-refractivity contribution in [1.29, 1.82) is 0 Å². The van der Waals surface area contributed by atoms with Gasteiger partial charge in [0.15, 0.2) is 0 Å². The highest BCUT2D eigenvalue weighted by molar-refractivity contribution is 4.87. The van der Waals surface area contributed by atoms with Gasteiger partial charge in [0.1, 0.15) is 0 Å². The van der Waals surface area contributed by atoms with E-state index in [1.165, 1.54) is 45.3 Å². The molecule has 3 heteroatoms. The average molecular weight is 225 g/mol. The molecule has 0 aromatic carbocycles. The summed E-state index contributed by atoms with van der Waals surface area (Å²) in [7, 11) is 4.55. The Labute approximate surface area is 100 Å². The van der Waals surface area contributed by atoms with Gasteiger partial charge in [-0.2, -0.15) is 0 Å². The Kier molecular flexibility index (Phi) is 4.22. The SMILES string of the molecule is CC1CC(N(C)CC2CCCCN2)CN1C. The molecular weight excluding hydrogens is 198 g/mol. The molecule has 0 radical (unpaired) electrons. The summed E-state index contributed by atoms with van der Waals surface area (Å²) in [5, 5.41) is 3.64. The monoisotopic (exact) mass is 225 g/mol. The van der Waals surface area contributed by atoms with Crippen molar-refractivity contribution < 1.29 is 0 Å². The molecule has 16 heavy (non-hydrogen) atoms. The quantitative estimate of drug-likeness (QED) is 0.777. The van der Waals surface area contributed by atoms with Crippen molar-refractivity contribution in [1.82, 2.24) is 15.1 Å². The summed E-state index contributed by atoms with van der Waals surface area (Å²) in [6.45, 7) is 6.03. The van der Waals surface area contributed by atoms with Gasteiger partial charge < -0.3 is 15.1 Å². The molecule has 0 bridgehead atoms. The average Bonchev–Trinajstić information content (AvgIpc) is 2.61. The first-order chi connectivity index (χ1) is 7.66. The van der Waals surface area contributed by atoms with Crippen LogP contribution in [0, 0.1) is 0 Å². The van der Waals surface area contributed by atoms with Crippen LogP contribution in [-0.2, 0) is 0 Å². The highest BCUT2D eigenvalue weighted by atomic mass is 15.3. The molecule has 3 nitrogen and oxygen atoms in total. The summed E-state index contributed by atoms with van der Waals surface area (Å²) < 4.78 is 0. The number of likely N-dealkylation sites (N-methyl/N-ethyl adjacent to an activating group) is 2. The fourth-order valence-electron chi connectivity index (χ4n) is 3.06. The van der Waals surface area contributed by atoms with E-state index < -0.39 is 0 Å². The standard InChI is InChI=1S/C13H27N3/c1-11-8-13(10-15(11)2)16(3)9-12-6-4-5-7-14-12/h11-14H,4-10H2,1-3H3. The van der Waals surface area contributed by atoms with Gasteiger partial charge in [-0.1, -0.05) is 6.42 Å². The summed E-state index contributed by atoms with van der Waals surface area (Å²) in [4.78, 5) is 5.05. The van der Waals surface area contributed by atoms with Gasteiger partial charge in [-0.3, -0.25) is 0 Å². The first-order valence-electron chi connectivity index (χ1n) is 6.80. The second-order valence-electron chi connectivity index (χ2n) is 5.76. The topological polar surface area (TPSA) is 18.5 Å². The Morgan fingerprint density at radius 2 is 2.19 bits per heavy atom. The molecule has 0 amide bonds. The fraction of sp³-hybridized carbons (Fsp3) is 1.00. The van der Waals surface area contributed by atoms with E-state index in [-0.39, 0.29) is 0 Å². The predicted octanol–water partition coefficient (Wildman–Crippen LogP) is 1.15. The molecule has 3 atom stereocenters. The van der Waals surface area contributed by atoms with Crippen LogP contribution in [0.4, 0.5) is 0 Å². The minimum atomic E-state index is 0.736. The third-order valence-electron chi connectivity index (χ3n) is 4.41. The van der Waals surface area contributed by atoms with Crippen molar-refractivity contribution >= 4 is 0 Å². The Morgan fingerprint density at radius 1 is 1.38 bits per heavy atom. The molecule has 3 unspecified atom stereocenters. The molecule has 2 heterocycles. The minimum absolute atomic E-state index is 0.736. The summed E-state index contributed by atoms with van der Waals surface area (Å²) >= 11 is 0. The number of rotatable bonds is 3. The van der Waals surface area contributed by atoms with Crippen LogP contribution in [0.25, 0.3) is 0 Å². The van der Waals surface area contributed by atoms with Gasteiger partial charge in [0.25, 0.3) is 0 Å². The Bertz CT molecular complexity index is 203. The molecule has 2 aliphatic heterocycles. The number of hydrogen-bond acceptors (Lipinski definition) is 3. The Balaban J connectivity index is 1.76. The van der Waals surface area contributed by atoms with E-state index in [9.17, 15) is 0 Å². The smallest absolute Gasteiger partial charge is 0.0235 e. The number of nitrogens with one attached hydrogen (secondary N) is 1. The van der Waals surface area contributed by atoms with E-state index in [0.717, 1.165) is 18.1 Å². The van der Waals surface area contributed by atoms with Crippen molar-refractivity contribution in [3.63, 3.8) is 0 Å². The van der Waals surface area contributed by atoms with Crippen LogP contribution in [0.2, 0.25) is 0 Å². The van der Waals surface area contributed by atoms with Crippen molar-refractivity contribution in [3.05, 3.63) is 0 Å². The van der Waals surface area contributed by atoms with E-state index in [2.05, 4.69) is 36.1 Å². The van der Waals surface area contributed by atoms with Crippen LogP contribution in [0.1, 0.15) is 32.6 Å². The maximum absolute atomic E-state index is 3.64. The molecule has 0 spiro atoms. The summed E-state index contributed by atoms with van der Waals surface area (Å²) in [5.74, 6) is 0. The summed E-state index contributed by atoms with van der Waals surface area (Å²) in [6.07, 6.45) is 5.47. The number of piperidine rings is 1. The lowest BCUT2D eigenvalue weighted by Gasteiger charge is -2.31. The summed E-state index contributed by atoms with van der Waals surface area (Å²) in [6, 6.07) is 2.26. The van der Waals surface area contributed by atoms with E-state index in [1.807, 2.05) is 0 Å². The lowest BCUT2D eigenvalue weighted by Crippen LogP contribution is -2.46. The second-order valence-corrected chi connectivity index (χ2v) is 5.76. The van der Waals surface area contributed by atoms with E-state index >= 15 is 0 Å². The van der Waals surface area contributed by atoms with E-state index in [1.54, 1.807) is 0 Å². The van der Waals surface area contributed by atoms with Crippen molar-refractivity contribution in [2.45, 2.75) is 50.7 Å². The van der Waals surface area contributed by atoms with Gasteiger partial charge in [0.05, 0.1) is 0 Å². The van der Waals surface area contributed by atoms with Gasteiger partial charge in [0, 0.05) is 31.2 Å². The molecule has 0 aromatic rings. The highest BCUT2D eigenvalue weighted by Gasteiger charge is 2.29. The number of nitrogens with zero attached hydrogens (tertiary/aromatic N) is 2. The molecule has 2 fully saturated rings. The van der Waals surface area contributed by atoms with E-state index in [4.69, 9.17) is 0 Å². The molecule has 0 aromatic heterocycles. The molecule has 2 rings (SSSR count). The zero-order valence-corrected chi connectivity index (χ0v) is 11.1. The van der Waals surface area contributed by atoms with Gasteiger partial charge in [-0.05, 0) is 46.8 Å².